The molecule has 0 spiro atoms. The van der Waals surface area contributed by atoms with E-state index in [-0.39, 0.29) is 0 Å². The summed E-state index contributed by atoms with van der Waals surface area (Å²) in [4.78, 5) is 4.70. The molecule has 0 aliphatic rings. The molecular formula is C19H22N2S. The van der Waals surface area contributed by atoms with E-state index in [9.17, 15) is 0 Å². The first kappa shape index (κ1) is 15.2. The molecule has 0 aliphatic carbocycles. The molecule has 3 aromatic rings. The van der Waals surface area contributed by atoms with Crippen LogP contribution < -0.4 is 5.73 Å². The molecule has 3 rings (SSSR count). The number of hydrogen-bond donors (Lipinski definition) is 1. The van der Waals surface area contributed by atoms with Gasteiger partial charge in [-0.3, -0.25) is 0 Å². The maximum Gasteiger partial charge on any atom is 0.0938 e. The van der Waals surface area contributed by atoms with Crippen LogP contribution in [0.2, 0.25) is 0 Å². The number of nitrogens with zero attached hydrogens (tertiary/aromatic N) is 1. The number of aromatic nitrogens is 1. The first-order valence-corrected chi connectivity index (χ1v) is 8.80. The highest BCUT2D eigenvalue weighted by molar-refractivity contribution is 7.18. The van der Waals surface area contributed by atoms with Gasteiger partial charge in [-0.15, -0.1) is 11.3 Å². The van der Waals surface area contributed by atoms with Crippen LogP contribution in [0.3, 0.4) is 0 Å². The zero-order valence-electron chi connectivity index (χ0n) is 12.8. The molecule has 0 fully saturated rings. The van der Waals surface area contributed by atoms with Crippen molar-refractivity contribution in [2.24, 2.45) is 5.73 Å². The Morgan fingerprint density at radius 3 is 2.36 bits per heavy atom. The highest BCUT2D eigenvalue weighted by atomic mass is 32.1. The maximum atomic E-state index is 5.79. The molecule has 0 saturated heterocycles. The van der Waals surface area contributed by atoms with Gasteiger partial charge in [0.1, 0.15) is 0 Å². The van der Waals surface area contributed by atoms with Crippen molar-refractivity contribution in [3.63, 3.8) is 0 Å². The van der Waals surface area contributed by atoms with Gasteiger partial charge in [0, 0.05) is 6.54 Å². The van der Waals surface area contributed by atoms with E-state index in [0.717, 1.165) is 18.4 Å². The molecule has 0 saturated carbocycles. The Labute approximate surface area is 136 Å². The number of thiazole rings is 1. The Balaban J connectivity index is 1.45. The van der Waals surface area contributed by atoms with E-state index in [1.807, 2.05) is 11.3 Å². The molecule has 0 radical (unpaired) electrons. The van der Waals surface area contributed by atoms with Crippen molar-refractivity contribution in [2.45, 2.75) is 38.6 Å². The predicted molar refractivity (Wildman–Crippen MR) is 95.2 cm³/mol. The number of fused-ring (bicyclic) bond motifs is 1. The van der Waals surface area contributed by atoms with Crippen LogP contribution in [-0.2, 0) is 19.4 Å². The van der Waals surface area contributed by atoms with Gasteiger partial charge < -0.3 is 5.73 Å². The van der Waals surface area contributed by atoms with E-state index in [4.69, 9.17) is 10.7 Å². The average Bonchev–Trinajstić information content (AvgIpc) is 2.97. The zero-order chi connectivity index (χ0) is 15.2. The fourth-order valence-electron chi connectivity index (χ4n) is 2.80. The number of aryl methyl sites for hydroxylation is 2. The van der Waals surface area contributed by atoms with Gasteiger partial charge in [-0.05, 0) is 48.9 Å². The third-order valence-corrected chi connectivity index (χ3v) is 5.11. The molecule has 2 aromatic carbocycles. The van der Waals surface area contributed by atoms with Crippen LogP contribution in [0, 0.1) is 0 Å². The van der Waals surface area contributed by atoms with Crippen molar-refractivity contribution >= 4 is 21.6 Å². The first-order valence-electron chi connectivity index (χ1n) is 7.98. The Hall–Kier alpha value is -1.71. The molecule has 114 valence electrons. The minimum Gasteiger partial charge on any atom is -0.326 e. The normalized spacial score (nSPS) is 11.1. The SMILES string of the molecule is NCc1ccccc1CCCCCc1nc2ccccc2s1. The number of nitrogens with two attached hydrogens (primary N) is 1. The second kappa shape index (κ2) is 7.52. The number of para-hydroxylation sites is 1. The molecule has 0 amide bonds. The highest BCUT2D eigenvalue weighted by Crippen LogP contribution is 2.23. The zero-order valence-corrected chi connectivity index (χ0v) is 13.6. The van der Waals surface area contributed by atoms with Crippen LogP contribution in [0.1, 0.15) is 35.4 Å². The van der Waals surface area contributed by atoms with Crippen molar-refractivity contribution in [3.8, 4) is 0 Å². The number of hydrogen-bond acceptors (Lipinski definition) is 3. The lowest BCUT2D eigenvalue weighted by Crippen LogP contribution is -2.01. The molecule has 0 unspecified atom stereocenters. The lowest BCUT2D eigenvalue weighted by atomic mass is 10.0. The summed E-state index contributed by atoms with van der Waals surface area (Å²) >= 11 is 1.83. The van der Waals surface area contributed by atoms with Crippen LogP contribution in [0.25, 0.3) is 10.2 Å². The van der Waals surface area contributed by atoms with Gasteiger partial charge in [-0.2, -0.15) is 0 Å². The van der Waals surface area contributed by atoms with Crippen LogP contribution in [-0.4, -0.2) is 4.98 Å². The van der Waals surface area contributed by atoms with E-state index in [1.165, 1.54) is 40.1 Å². The molecule has 0 bridgehead atoms. The number of unbranched alkanes of at least 4 members (excludes halogenated alkanes) is 2. The van der Waals surface area contributed by atoms with Gasteiger partial charge >= 0.3 is 0 Å². The minimum absolute atomic E-state index is 0.641. The number of benzene rings is 2. The number of rotatable bonds is 7. The summed E-state index contributed by atoms with van der Waals surface area (Å²) in [5.41, 5.74) is 9.62. The van der Waals surface area contributed by atoms with Crippen molar-refractivity contribution in [3.05, 3.63) is 64.7 Å². The molecule has 22 heavy (non-hydrogen) atoms. The average molecular weight is 310 g/mol. The monoisotopic (exact) mass is 310 g/mol. The van der Waals surface area contributed by atoms with Gasteiger partial charge in [0.05, 0.1) is 15.2 Å². The summed E-state index contributed by atoms with van der Waals surface area (Å²) in [6.45, 7) is 0.641. The van der Waals surface area contributed by atoms with Gasteiger partial charge in [0.15, 0.2) is 0 Å². The van der Waals surface area contributed by atoms with Crippen molar-refractivity contribution in [1.29, 1.82) is 0 Å². The fourth-order valence-corrected chi connectivity index (χ4v) is 3.80. The summed E-state index contributed by atoms with van der Waals surface area (Å²) in [6, 6.07) is 16.9. The highest BCUT2D eigenvalue weighted by Gasteiger charge is 2.03. The Morgan fingerprint density at radius 1 is 0.818 bits per heavy atom. The van der Waals surface area contributed by atoms with Gasteiger partial charge in [0.25, 0.3) is 0 Å². The second-order valence-electron chi connectivity index (χ2n) is 5.61. The minimum atomic E-state index is 0.641. The van der Waals surface area contributed by atoms with E-state index >= 15 is 0 Å². The van der Waals surface area contributed by atoms with Gasteiger partial charge in [0.2, 0.25) is 0 Å². The summed E-state index contributed by atoms with van der Waals surface area (Å²) < 4.78 is 1.30. The molecule has 2 N–H and O–H groups in total. The Bertz CT molecular complexity index is 700. The maximum absolute atomic E-state index is 5.79. The lowest BCUT2D eigenvalue weighted by molar-refractivity contribution is 0.674. The molecular weight excluding hydrogens is 288 g/mol. The van der Waals surface area contributed by atoms with Crippen molar-refractivity contribution in [2.75, 3.05) is 0 Å². The quantitative estimate of drug-likeness (QED) is 0.642. The molecule has 0 aliphatic heterocycles. The van der Waals surface area contributed by atoms with Crippen LogP contribution in [0.4, 0.5) is 0 Å². The Kier molecular flexibility index (Phi) is 5.20. The fraction of sp³-hybridized carbons (Fsp3) is 0.316. The van der Waals surface area contributed by atoms with Gasteiger partial charge in [-0.25, -0.2) is 4.98 Å². The van der Waals surface area contributed by atoms with Gasteiger partial charge in [-0.1, -0.05) is 42.8 Å². The van der Waals surface area contributed by atoms with Crippen molar-refractivity contribution in [1.82, 2.24) is 4.98 Å². The largest absolute Gasteiger partial charge is 0.326 e. The van der Waals surface area contributed by atoms with E-state index in [0.29, 0.717) is 6.54 Å². The van der Waals surface area contributed by atoms with Crippen LogP contribution in [0.15, 0.2) is 48.5 Å². The summed E-state index contributed by atoms with van der Waals surface area (Å²) in [5, 5.41) is 1.27. The standard InChI is InChI=1S/C19H22N2S/c20-14-16-10-5-4-9-15(16)8-2-1-3-13-19-21-17-11-6-7-12-18(17)22-19/h4-7,9-12H,1-3,8,13-14,20H2. The summed E-state index contributed by atoms with van der Waals surface area (Å²) in [5.74, 6) is 0. The smallest absolute Gasteiger partial charge is 0.0938 e. The third kappa shape index (κ3) is 3.73. The molecule has 2 nitrogen and oxygen atoms in total. The molecule has 0 atom stereocenters. The van der Waals surface area contributed by atoms with Crippen LogP contribution >= 0.6 is 11.3 Å². The lowest BCUT2D eigenvalue weighted by Gasteiger charge is -2.06. The molecule has 1 aromatic heterocycles. The van der Waals surface area contributed by atoms with E-state index in [2.05, 4.69) is 48.5 Å². The molecule has 3 heteroatoms. The summed E-state index contributed by atoms with van der Waals surface area (Å²) in [7, 11) is 0. The summed E-state index contributed by atoms with van der Waals surface area (Å²) in [6.07, 6.45) is 5.91. The van der Waals surface area contributed by atoms with E-state index in [1.54, 1.807) is 0 Å². The van der Waals surface area contributed by atoms with Crippen LogP contribution in [0.5, 0.6) is 0 Å². The first-order chi connectivity index (χ1) is 10.9. The Morgan fingerprint density at radius 2 is 1.55 bits per heavy atom. The predicted octanol–water partition coefficient (Wildman–Crippen LogP) is 4.71. The topological polar surface area (TPSA) is 38.9 Å². The molecule has 1 heterocycles. The third-order valence-electron chi connectivity index (χ3n) is 4.01. The second-order valence-corrected chi connectivity index (χ2v) is 6.72. The van der Waals surface area contributed by atoms with E-state index < -0.39 is 0 Å². The van der Waals surface area contributed by atoms with Crippen molar-refractivity contribution < 1.29 is 0 Å².